The minimum Gasteiger partial charge on any atom is -0.497 e. The van der Waals surface area contributed by atoms with Crippen molar-refractivity contribution < 1.29 is 8.95 Å². The molecule has 4 rings (SSSR count). The molecule has 0 amide bonds. The van der Waals surface area contributed by atoms with Crippen molar-refractivity contribution in [3.8, 4) is 5.75 Å². The lowest BCUT2D eigenvalue weighted by Gasteiger charge is -2.41. The van der Waals surface area contributed by atoms with Gasteiger partial charge in [0.1, 0.15) is 16.7 Å². The highest BCUT2D eigenvalue weighted by molar-refractivity contribution is 7.84. The molecule has 0 saturated heterocycles. The minimum atomic E-state index is -1.14. The van der Waals surface area contributed by atoms with Crippen molar-refractivity contribution in [1.29, 1.82) is 0 Å². The predicted molar refractivity (Wildman–Crippen MR) is 157 cm³/mol. The van der Waals surface area contributed by atoms with E-state index in [0.717, 1.165) is 17.1 Å². The standard InChI is InChI=1S/C31H46NO2PS/c1-31(2,3)36(33)32(4)30(24-20-22-25(34-5)23-21-24)28-18-12-13-19-29(28)35(26-14-8-6-9-15-26)27-16-10-7-11-17-27/h12-13,18-23,26-27,30H,6-11,14-17H2,1-5H3. The number of hydrogen-bond acceptors (Lipinski definition) is 2. The first kappa shape index (κ1) is 27.8. The maximum Gasteiger partial charge on any atom is 0.118 e. The fraction of sp³-hybridized carbons (Fsp3) is 0.613. The van der Waals surface area contributed by atoms with Crippen molar-refractivity contribution in [2.24, 2.45) is 0 Å². The summed E-state index contributed by atoms with van der Waals surface area (Å²) >= 11 is 0. The van der Waals surface area contributed by atoms with Gasteiger partial charge in [0.25, 0.3) is 0 Å². The molecule has 0 radical (unpaired) electrons. The summed E-state index contributed by atoms with van der Waals surface area (Å²) in [6.07, 6.45) is 13.9. The van der Waals surface area contributed by atoms with E-state index in [9.17, 15) is 4.21 Å². The first-order valence-electron chi connectivity index (χ1n) is 14.0. The van der Waals surface area contributed by atoms with Crippen molar-refractivity contribution in [3.05, 3.63) is 59.7 Å². The summed E-state index contributed by atoms with van der Waals surface area (Å²) in [6, 6.07) is 17.6. The Morgan fingerprint density at radius 2 is 1.39 bits per heavy atom. The summed E-state index contributed by atoms with van der Waals surface area (Å²) in [5.41, 5.74) is 4.21. The van der Waals surface area contributed by atoms with Crippen LogP contribution in [-0.4, -0.2) is 38.7 Å². The second-order valence-electron chi connectivity index (χ2n) is 11.6. The van der Waals surface area contributed by atoms with Crippen LogP contribution in [0.3, 0.4) is 0 Å². The Hall–Kier alpha value is -1.22. The summed E-state index contributed by atoms with van der Waals surface area (Å²) in [5.74, 6) is 0.858. The molecule has 5 heteroatoms. The third-order valence-corrected chi connectivity index (χ3v) is 13.4. The molecule has 2 saturated carbocycles. The summed E-state index contributed by atoms with van der Waals surface area (Å²) in [5, 5.41) is 1.57. The van der Waals surface area contributed by atoms with Crippen LogP contribution in [0.1, 0.15) is 102 Å². The Labute approximate surface area is 223 Å². The maximum absolute atomic E-state index is 13.8. The third-order valence-electron chi connectivity index (χ3n) is 8.03. The SMILES string of the molecule is COc1ccc(C(c2ccccc2P(C2CCCCC2)C2CCCCC2)N(C)S(=O)C(C)(C)C)cc1. The fourth-order valence-electron chi connectivity index (χ4n) is 6.26. The van der Waals surface area contributed by atoms with Crippen molar-refractivity contribution in [1.82, 2.24) is 4.31 Å². The molecule has 2 unspecified atom stereocenters. The van der Waals surface area contributed by atoms with E-state index in [1.54, 1.807) is 12.4 Å². The van der Waals surface area contributed by atoms with E-state index in [-0.39, 0.29) is 18.7 Å². The van der Waals surface area contributed by atoms with Gasteiger partial charge < -0.3 is 4.74 Å². The first-order chi connectivity index (χ1) is 17.3. The maximum atomic E-state index is 13.8. The highest BCUT2D eigenvalue weighted by Crippen LogP contribution is 2.56. The number of ether oxygens (including phenoxy) is 1. The van der Waals surface area contributed by atoms with Crippen LogP contribution < -0.4 is 10.0 Å². The lowest BCUT2D eigenvalue weighted by molar-refractivity contribution is 0.413. The van der Waals surface area contributed by atoms with E-state index in [1.807, 2.05) is 12.1 Å². The van der Waals surface area contributed by atoms with Gasteiger partial charge in [0.05, 0.1) is 17.9 Å². The molecule has 0 heterocycles. The highest BCUT2D eigenvalue weighted by atomic mass is 32.2. The molecule has 2 fully saturated rings. The summed E-state index contributed by atoms with van der Waals surface area (Å²) in [7, 11) is 2.36. The highest BCUT2D eigenvalue weighted by Gasteiger charge is 2.37. The Balaban J connectivity index is 1.83. The van der Waals surface area contributed by atoms with Crippen LogP contribution in [0.15, 0.2) is 48.5 Å². The normalized spacial score (nSPS) is 20.0. The molecule has 0 N–H and O–H groups in total. The zero-order valence-electron chi connectivity index (χ0n) is 23.0. The molecule has 2 aromatic rings. The Morgan fingerprint density at radius 3 is 1.89 bits per heavy atom. The van der Waals surface area contributed by atoms with Gasteiger partial charge in [-0.15, -0.1) is 0 Å². The van der Waals surface area contributed by atoms with Crippen molar-refractivity contribution in [2.75, 3.05) is 14.2 Å². The molecule has 0 bridgehead atoms. The molecule has 0 aromatic heterocycles. The lowest BCUT2D eigenvalue weighted by atomic mass is 9.98. The second kappa shape index (κ2) is 12.5. The van der Waals surface area contributed by atoms with Crippen LogP contribution in [0.25, 0.3) is 0 Å². The molecule has 0 aliphatic heterocycles. The summed E-state index contributed by atoms with van der Waals surface area (Å²) < 4.78 is 21.0. The molecule has 3 nitrogen and oxygen atoms in total. The van der Waals surface area contributed by atoms with Gasteiger partial charge in [-0.25, -0.2) is 8.51 Å². The van der Waals surface area contributed by atoms with Crippen molar-refractivity contribution >= 4 is 24.2 Å². The topological polar surface area (TPSA) is 29.5 Å². The van der Waals surface area contributed by atoms with Gasteiger partial charge in [0.15, 0.2) is 0 Å². The average Bonchev–Trinajstić information content (AvgIpc) is 2.90. The third kappa shape index (κ3) is 6.43. The molecular formula is C31H46NO2PS. The predicted octanol–water partition coefficient (Wildman–Crippen LogP) is 7.95. The Bertz CT molecular complexity index is 972. The van der Waals surface area contributed by atoms with Gasteiger partial charge in [-0.2, -0.15) is 0 Å². The zero-order chi connectivity index (χ0) is 25.7. The Kier molecular flexibility index (Phi) is 9.69. The molecule has 36 heavy (non-hydrogen) atoms. The summed E-state index contributed by atoms with van der Waals surface area (Å²) in [6.45, 7) is 6.23. The number of benzene rings is 2. The van der Waals surface area contributed by atoms with E-state index in [2.05, 4.69) is 68.5 Å². The van der Waals surface area contributed by atoms with Crippen LogP contribution in [-0.2, 0) is 11.0 Å². The minimum absolute atomic E-state index is 0.0515. The van der Waals surface area contributed by atoms with Gasteiger partial charge >= 0.3 is 0 Å². The van der Waals surface area contributed by atoms with Gasteiger partial charge in [-0.3, -0.25) is 0 Å². The second-order valence-corrected chi connectivity index (χ2v) is 16.7. The molecule has 2 atom stereocenters. The number of hydrogen-bond donors (Lipinski definition) is 0. The average molecular weight is 528 g/mol. The van der Waals surface area contributed by atoms with E-state index in [1.165, 1.54) is 75.3 Å². The van der Waals surface area contributed by atoms with Crippen LogP contribution in [0.5, 0.6) is 5.75 Å². The molecule has 2 aromatic carbocycles. The largest absolute Gasteiger partial charge is 0.497 e. The molecule has 2 aliphatic carbocycles. The van der Waals surface area contributed by atoms with Gasteiger partial charge in [0, 0.05) is 7.05 Å². The fourth-order valence-corrected chi connectivity index (χ4v) is 11.5. The van der Waals surface area contributed by atoms with Crippen LogP contribution in [0.4, 0.5) is 0 Å². The lowest BCUT2D eigenvalue weighted by Crippen LogP contribution is -2.39. The van der Waals surface area contributed by atoms with E-state index >= 15 is 0 Å². The molecule has 198 valence electrons. The molecule has 0 spiro atoms. The van der Waals surface area contributed by atoms with E-state index in [4.69, 9.17) is 4.74 Å². The number of rotatable bonds is 8. The zero-order valence-corrected chi connectivity index (χ0v) is 24.8. The number of nitrogens with zero attached hydrogens (tertiary/aromatic N) is 1. The van der Waals surface area contributed by atoms with Crippen LogP contribution in [0.2, 0.25) is 0 Å². The molecule has 2 aliphatic rings. The monoisotopic (exact) mass is 527 g/mol. The number of methoxy groups -OCH3 is 1. The van der Waals surface area contributed by atoms with E-state index in [0.29, 0.717) is 0 Å². The van der Waals surface area contributed by atoms with Gasteiger partial charge in [-0.1, -0.05) is 82.8 Å². The Morgan fingerprint density at radius 1 is 0.861 bits per heavy atom. The van der Waals surface area contributed by atoms with Crippen molar-refractivity contribution in [2.45, 2.75) is 107 Å². The van der Waals surface area contributed by atoms with Crippen LogP contribution in [0, 0.1) is 0 Å². The summed E-state index contributed by atoms with van der Waals surface area (Å²) in [4.78, 5) is 0. The van der Waals surface area contributed by atoms with Gasteiger partial charge in [-0.05, 0) is 86.3 Å². The van der Waals surface area contributed by atoms with Crippen molar-refractivity contribution in [3.63, 3.8) is 0 Å². The quantitative estimate of drug-likeness (QED) is 0.326. The smallest absolute Gasteiger partial charge is 0.118 e. The van der Waals surface area contributed by atoms with Gasteiger partial charge in [0.2, 0.25) is 0 Å². The van der Waals surface area contributed by atoms with Crippen LogP contribution >= 0.6 is 7.92 Å². The first-order valence-corrected chi connectivity index (χ1v) is 16.6. The van der Waals surface area contributed by atoms with E-state index < -0.39 is 11.0 Å². The molecular weight excluding hydrogens is 481 g/mol.